The van der Waals surface area contributed by atoms with Crippen molar-refractivity contribution in [2.75, 3.05) is 0 Å². The first-order valence-electron chi connectivity index (χ1n) is 9.26. The fourth-order valence-electron chi connectivity index (χ4n) is 5.56. The van der Waals surface area contributed by atoms with Crippen LogP contribution in [0.15, 0.2) is 48.5 Å². The van der Waals surface area contributed by atoms with E-state index in [1.807, 2.05) is 0 Å². The monoisotopic (exact) mass is 357 g/mol. The van der Waals surface area contributed by atoms with Gasteiger partial charge in [0.05, 0.1) is 16.7 Å². The standard InChI is InChI=1S/C24H20ClN/c1-23(2)14-9-7-11-18-19(14)20-15(23)12-16(25)21-22(20)26(18)17-10-6-5-8-13(17)24(21,3)4/h5-12H,1-4H3. The lowest BCUT2D eigenvalue weighted by molar-refractivity contribution is 0.625. The van der Waals surface area contributed by atoms with Crippen molar-refractivity contribution in [1.82, 2.24) is 4.57 Å². The molecular formula is C24H20ClN. The van der Waals surface area contributed by atoms with Gasteiger partial charge >= 0.3 is 0 Å². The zero-order chi connectivity index (χ0) is 18.0. The zero-order valence-electron chi connectivity index (χ0n) is 15.4. The Morgan fingerprint density at radius 1 is 0.769 bits per heavy atom. The van der Waals surface area contributed by atoms with Gasteiger partial charge < -0.3 is 4.57 Å². The van der Waals surface area contributed by atoms with E-state index in [2.05, 4.69) is 80.8 Å². The summed E-state index contributed by atoms with van der Waals surface area (Å²) in [4.78, 5) is 0. The number of halogens is 1. The highest BCUT2D eigenvalue weighted by Gasteiger charge is 2.43. The Kier molecular flexibility index (Phi) is 2.39. The first-order chi connectivity index (χ1) is 12.3. The summed E-state index contributed by atoms with van der Waals surface area (Å²) in [6, 6.07) is 17.8. The van der Waals surface area contributed by atoms with E-state index in [0.717, 1.165) is 5.02 Å². The quantitative estimate of drug-likeness (QED) is 0.329. The van der Waals surface area contributed by atoms with Crippen LogP contribution in [0.3, 0.4) is 0 Å². The van der Waals surface area contributed by atoms with Gasteiger partial charge in [0.1, 0.15) is 0 Å². The predicted octanol–water partition coefficient (Wildman–Crippen LogP) is 6.72. The lowest BCUT2D eigenvalue weighted by atomic mass is 9.73. The molecule has 4 aromatic rings. The van der Waals surface area contributed by atoms with E-state index in [-0.39, 0.29) is 10.8 Å². The maximum Gasteiger partial charge on any atom is 0.0600 e. The van der Waals surface area contributed by atoms with Crippen LogP contribution in [0.4, 0.5) is 0 Å². The van der Waals surface area contributed by atoms with Crippen molar-refractivity contribution in [2.24, 2.45) is 0 Å². The Hall–Kier alpha value is -2.25. The molecule has 26 heavy (non-hydrogen) atoms. The molecule has 0 bridgehead atoms. The van der Waals surface area contributed by atoms with Crippen LogP contribution in [0.2, 0.25) is 5.02 Å². The van der Waals surface area contributed by atoms with Crippen molar-refractivity contribution < 1.29 is 0 Å². The molecule has 128 valence electrons. The van der Waals surface area contributed by atoms with Crippen molar-refractivity contribution in [3.63, 3.8) is 0 Å². The topological polar surface area (TPSA) is 4.93 Å². The Labute approximate surface area is 158 Å². The minimum atomic E-state index is -0.122. The van der Waals surface area contributed by atoms with Crippen LogP contribution in [0.1, 0.15) is 49.9 Å². The Bertz CT molecular complexity index is 1290. The second-order valence-corrected chi connectivity index (χ2v) is 9.21. The molecule has 0 saturated carbocycles. The normalized spacial score (nSPS) is 18.0. The summed E-state index contributed by atoms with van der Waals surface area (Å²) < 4.78 is 2.45. The molecule has 2 heterocycles. The highest BCUT2D eigenvalue weighted by atomic mass is 35.5. The van der Waals surface area contributed by atoms with Crippen LogP contribution < -0.4 is 0 Å². The van der Waals surface area contributed by atoms with Crippen molar-refractivity contribution in [3.05, 3.63) is 75.8 Å². The van der Waals surface area contributed by atoms with E-state index in [1.165, 1.54) is 49.7 Å². The average molecular weight is 358 g/mol. The number of aromatic nitrogens is 1. The maximum absolute atomic E-state index is 6.96. The molecule has 3 aromatic carbocycles. The SMILES string of the molecule is CC1(C)c2cccc3c2c2c1cc(Cl)c1c2n3-c2ccccc2C1(C)C. The van der Waals surface area contributed by atoms with Gasteiger partial charge in [-0.3, -0.25) is 0 Å². The van der Waals surface area contributed by atoms with E-state index in [0.29, 0.717) is 0 Å². The molecule has 0 N–H and O–H groups in total. The highest BCUT2D eigenvalue weighted by molar-refractivity contribution is 6.34. The molecule has 0 unspecified atom stereocenters. The third kappa shape index (κ3) is 1.37. The van der Waals surface area contributed by atoms with Crippen LogP contribution in [0, 0.1) is 0 Å². The Morgan fingerprint density at radius 2 is 1.50 bits per heavy atom. The number of benzene rings is 3. The van der Waals surface area contributed by atoms with Gasteiger partial charge in [0.15, 0.2) is 0 Å². The van der Waals surface area contributed by atoms with Crippen LogP contribution in [-0.4, -0.2) is 4.57 Å². The summed E-state index contributed by atoms with van der Waals surface area (Å²) in [7, 11) is 0. The molecule has 1 aliphatic heterocycles. The molecule has 0 atom stereocenters. The second kappa shape index (κ2) is 4.18. The lowest BCUT2D eigenvalue weighted by Crippen LogP contribution is -2.27. The third-order valence-electron chi connectivity index (χ3n) is 6.80. The van der Waals surface area contributed by atoms with Gasteiger partial charge in [-0.25, -0.2) is 0 Å². The van der Waals surface area contributed by atoms with Gasteiger partial charge in [-0.15, -0.1) is 0 Å². The number of hydrogen-bond acceptors (Lipinski definition) is 0. The van der Waals surface area contributed by atoms with Crippen LogP contribution in [-0.2, 0) is 10.8 Å². The molecule has 0 fully saturated rings. The molecule has 0 saturated heterocycles. The summed E-state index contributed by atoms with van der Waals surface area (Å²) in [5, 5.41) is 3.71. The fourth-order valence-corrected chi connectivity index (χ4v) is 5.99. The van der Waals surface area contributed by atoms with Crippen molar-refractivity contribution in [1.29, 1.82) is 0 Å². The number of nitrogens with zero attached hydrogens (tertiary/aromatic N) is 1. The average Bonchev–Trinajstić information content (AvgIpc) is 3.05. The summed E-state index contributed by atoms with van der Waals surface area (Å²) in [5.41, 5.74) is 9.15. The molecule has 2 aliphatic rings. The van der Waals surface area contributed by atoms with E-state index in [4.69, 9.17) is 11.6 Å². The highest BCUT2D eigenvalue weighted by Crippen LogP contribution is 2.57. The van der Waals surface area contributed by atoms with Crippen molar-refractivity contribution >= 4 is 33.4 Å². The molecule has 2 heteroatoms. The van der Waals surface area contributed by atoms with E-state index in [9.17, 15) is 0 Å². The third-order valence-corrected chi connectivity index (χ3v) is 7.10. The van der Waals surface area contributed by atoms with Crippen LogP contribution >= 0.6 is 11.6 Å². The smallest absolute Gasteiger partial charge is 0.0600 e. The molecule has 0 spiro atoms. The van der Waals surface area contributed by atoms with E-state index in [1.54, 1.807) is 0 Å². The summed E-state index contributed by atoms with van der Waals surface area (Å²) in [5.74, 6) is 0. The number of rotatable bonds is 0. The predicted molar refractivity (Wildman–Crippen MR) is 110 cm³/mol. The van der Waals surface area contributed by atoms with Gasteiger partial charge in [-0.1, -0.05) is 69.6 Å². The lowest BCUT2D eigenvalue weighted by Gasteiger charge is -2.36. The zero-order valence-corrected chi connectivity index (χ0v) is 16.2. The van der Waals surface area contributed by atoms with Gasteiger partial charge in [-0.05, 0) is 34.9 Å². The summed E-state index contributed by atoms with van der Waals surface area (Å²) >= 11 is 6.96. The first kappa shape index (κ1) is 14.9. The molecule has 0 amide bonds. The Morgan fingerprint density at radius 3 is 2.31 bits per heavy atom. The Balaban J connectivity index is 2.01. The van der Waals surface area contributed by atoms with Crippen LogP contribution in [0.25, 0.3) is 27.5 Å². The van der Waals surface area contributed by atoms with E-state index < -0.39 is 0 Å². The van der Waals surface area contributed by atoms with Gasteiger partial charge in [0, 0.05) is 32.2 Å². The molecule has 1 aliphatic carbocycles. The van der Waals surface area contributed by atoms with Crippen molar-refractivity contribution in [2.45, 2.75) is 38.5 Å². The largest absolute Gasteiger partial charge is 0.309 e. The number of hydrogen-bond donors (Lipinski definition) is 0. The minimum absolute atomic E-state index is 0.00740. The minimum Gasteiger partial charge on any atom is -0.309 e. The summed E-state index contributed by atoms with van der Waals surface area (Å²) in [6.45, 7) is 9.25. The molecule has 6 rings (SSSR count). The number of fused-ring (bicyclic) bond motifs is 3. The molecule has 0 radical (unpaired) electrons. The summed E-state index contributed by atoms with van der Waals surface area (Å²) in [6.07, 6.45) is 0. The maximum atomic E-state index is 6.96. The first-order valence-corrected chi connectivity index (χ1v) is 9.64. The molecule has 1 aromatic heterocycles. The van der Waals surface area contributed by atoms with Gasteiger partial charge in [-0.2, -0.15) is 0 Å². The van der Waals surface area contributed by atoms with Gasteiger partial charge in [0.25, 0.3) is 0 Å². The van der Waals surface area contributed by atoms with Gasteiger partial charge in [0.2, 0.25) is 0 Å². The number of para-hydroxylation sites is 1. The van der Waals surface area contributed by atoms with Crippen molar-refractivity contribution in [3.8, 4) is 5.69 Å². The van der Waals surface area contributed by atoms with Crippen LogP contribution in [0.5, 0.6) is 0 Å². The van der Waals surface area contributed by atoms with E-state index >= 15 is 0 Å². The molecular weight excluding hydrogens is 338 g/mol. The molecule has 1 nitrogen and oxygen atoms in total. The second-order valence-electron chi connectivity index (χ2n) is 8.81. The fraction of sp³-hybridized carbons (Fsp3) is 0.250.